The van der Waals surface area contributed by atoms with Gasteiger partial charge in [0.1, 0.15) is 11.5 Å². The highest BCUT2D eigenvalue weighted by molar-refractivity contribution is 7.88. The van der Waals surface area contributed by atoms with Crippen LogP contribution in [0.3, 0.4) is 0 Å². The molecule has 4 rings (SSSR count). The Morgan fingerprint density at radius 3 is 2.36 bits per heavy atom. The number of alkyl halides is 5. The summed E-state index contributed by atoms with van der Waals surface area (Å²) in [5.74, 6) is -7.42. The number of halogens is 7. The molecule has 194 valence electrons. The topological polar surface area (TPSA) is 65.9 Å². The normalized spacial score (nSPS) is 19.9. The molecule has 0 N–H and O–H groups in total. The van der Waals surface area contributed by atoms with E-state index in [-0.39, 0.29) is 18.7 Å². The molecule has 6 nitrogen and oxygen atoms in total. The van der Waals surface area contributed by atoms with E-state index in [1.54, 1.807) is 6.08 Å². The summed E-state index contributed by atoms with van der Waals surface area (Å²) in [6, 6.07) is 3.77. The highest BCUT2D eigenvalue weighted by Crippen LogP contribution is 2.45. The Labute approximate surface area is 201 Å². The maximum absolute atomic E-state index is 14.5. The van der Waals surface area contributed by atoms with Crippen LogP contribution in [0.4, 0.5) is 36.4 Å². The summed E-state index contributed by atoms with van der Waals surface area (Å²) in [6.45, 7) is 0.263. The Bertz CT molecular complexity index is 1340. The van der Waals surface area contributed by atoms with E-state index in [4.69, 9.17) is 0 Å². The van der Waals surface area contributed by atoms with E-state index in [1.807, 2.05) is 0 Å². The molecule has 3 heterocycles. The van der Waals surface area contributed by atoms with Crippen molar-refractivity contribution in [1.29, 1.82) is 0 Å². The third kappa shape index (κ3) is 4.96. The van der Waals surface area contributed by atoms with Crippen molar-refractivity contribution in [1.82, 2.24) is 9.29 Å². The maximum atomic E-state index is 14.5. The van der Waals surface area contributed by atoms with Crippen molar-refractivity contribution in [3.05, 3.63) is 65.5 Å². The molecule has 1 unspecified atom stereocenters. The number of aromatic nitrogens is 1. The van der Waals surface area contributed by atoms with E-state index >= 15 is 0 Å². The van der Waals surface area contributed by atoms with Crippen LogP contribution >= 0.6 is 0 Å². The van der Waals surface area contributed by atoms with Crippen molar-refractivity contribution < 1.29 is 39.2 Å². The average Bonchev–Trinajstić information content (AvgIpc) is 3.24. The van der Waals surface area contributed by atoms with Gasteiger partial charge in [-0.1, -0.05) is 6.08 Å². The lowest BCUT2D eigenvalue weighted by Crippen LogP contribution is -2.43. The van der Waals surface area contributed by atoms with Crippen LogP contribution in [-0.4, -0.2) is 54.9 Å². The fraction of sp³-hybridized carbons (Fsp3) is 0.364. The second-order valence-corrected chi connectivity index (χ2v) is 10.3. The lowest BCUT2D eigenvalue weighted by Gasteiger charge is -2.26. The van der Waals surface area contributed by atoms with E-state index in [0.29, 0.717) is 28.8 Å². The largest absolute Gasteiger partial charge is 0.459 e. The van der Waals surface area contributed by atoms with Crippen LogP contribution in [-0.2, 0) is 10.0 Å². The van der Waals surface area contributed by atoms with Crippen molar-refractivity contribution in [2.24, 2.45) is 5.10 Å². The Morgan fingerprint density at radius 2 is 1.78 bits per heavy atom. The van der Waals surface area contributed by atoms with Crippen LogP contribution in [0.15, 0.2) is 47.7 Å². The number of anilines is 1. The standard InChI is InChI=1S/C22H19F7N4O2S/c1-36(34,35)32-8-5-13(6-9-32)17-10-14(4-7-30-17)19-12-20(21(25,26)22(27,28)29)31-33(19)18-3-2-15(23)11-16(18)24/h2-5,7,10-11,19H,6,8-9,12H2,1H3. The molecule has 2 aromatic rings. The molecule has 0 radical (unpaired) electrons. The summed E-state index contributed by atoms with van der Waals surface area (Å²) in [4.78, 5) is 4.21. The van der Waals surface area contributed by atoms with Gasteiger partial charge >= 0.3 is 12.1 Å². The highest BCUT2D eigenvalue weighted by atomic mass is 32.2. The van der Waals surface area contributed by atoms with Gasteiger partial charge in [-0.05, 0) is 41.8 Å². The predicted octanol–water partition coefficient (Wildman–Crippen LogP) is 4.91. The van der Waals surface area contributed by atoms with Crippen LogP contribution in [0.2, 0.25) is 0 Å². The number of pyridine rings is 1. The molecule has 0 aliphatic carbocycles. The summed E-state index contributed by atoms with van der Waals surface area (Å²) in [6.07, 6.45) is -2.50. The quantitative estimate of drug-likeness (QED) is 0.510. The molecule has 2 aliphatic rings. The van der Waals surface area contributed by atoms with Gasteiger partial charge in [0, 0.05) is 31.8 Å². The number of nitrogens with zero attached hydrogens (tertiary/aromatic N) is 4. The molecule has 1 aromatic carbocycles. The summed E-state index contributed by atoms with van der Waals surface area (Å²) in [5.41, 5.74) is -0.768. The van der Waals surface area contributed by atoms with Gasteiger partial charge in [0.05, 0.1) is 23.7 Å². The number of hydrogen-bond donors (Lipinski definition) is 0. The minimum atomic E-state index is -5.92. The lowest BCUT2D eigenvalue weighted by molar-refractivity contribution is -0.249. The highest BCUT2D eigenvalue weighted by Gasteiger charge is 2.63. The number of hydrazone groups is 1. The summed E-state index contributed by atoms with van der Waals surface area (Å²) in [7, 11) is -3.41. The zero-order valence-corrected chi connectivity index (χ0v) is 19.4. The van der Waals surface area contributed by atoms with Crippen molar-refractivity contribution in [2.45, 2.75) is 31.0 Å². The van der Waals surface area contributed by atoms with E-state index in [1.165, 1.54) is 22.6 Å². The Morgan fingerprint density at radius 1 is 1.06 bits per heavy atom. The summed E-state index contributed by atoms with van der Waals surface area (Å²) < 4.78 is 120. The van der Waals surface area contributed by atoms with Gasteiger partial charge in [0.2, 0.25) is 10.0 Å². The Kier molecular flexibility index (Phi) is 6.62. The first kappa shape index (κ1) is 26.1. The van der Waals surface area contributed by atoms with E-state index < -0.39 is 57.6 Å². The van der Waals surface area contributed by atoms with Crippen LogP contribution < -0.4 is 5.01 Å². The zero-order valence-electron chi connectivity index (χ0n) is 18.6. The third-order valence-corrected chi connectivity index (χ3v) is 7.19. The molecule has 0 bridgehead atoms. The zero-order chi connectivity index (χ0) is 26.5. The van der Waals surface area contributed by atoms with Gasteiger partial charge in [-0.3, -0.25) is 9.99 Å². The fourth-order valence-corrected chi connectivity index (χ4v) is 4.80. The first-order chi connectivity index (χ1) is 16.7. The van der Waals surface area contributed by atoms with Crippen LogP contribution in [0, 0.1) is 11.6 Å². The molecular formula is C22H19F7N4O2S. The maximum Gasteiger partial charge on any atom is 0.459 e. The second-order valence-electron chi connectivity index (χ2n) is 8.35. The molecular weight excluding hydrogens is 517 g/mol. The third-order valence-electron chi connectivity index (χ3n) is 5.92. The first-order valence-corrected chi connectivity index (χ1v) is 12.4. The molecule has 0 amide bonds. The van der Waals surface area contributed by atoms with E-state index in [9.17, 15) is 39.2 Å². The number of rotatable bonds is 5. The minimum absolute atomic E-state index is 0.0848. The van der Waals surface area contributed by atoms with Gasteiger partial charge in [-0.15, -0.1) is 0 Å². The molecule has 14 heteroatoms. The minimum Gasteiger partial charge on any atom is -0.257 e. The Balaban J connectivity index is 1.72. The first-order valence-electron chi connectivity index (χ1n) is 10.6. The summed E-state index contributed by atoms with van der Waals surface area (Å²) >= 11 is 0. The van der Waals surface area contributed by atoms with Gasteiger partial charge < -0.3 is 0 Å². The molecule has 1 atom stereocenters. The molecule has 1 aromatic heterocycles. The monoisotopic (exact) mass is 536 g/mol. The molecule has 2 aliphatic heterocycles. The molecule has 0 saturated carbocycles. The second kappa shape index (κ2) is 9.14. The smallest absolute Gasteiger partial charge is 0.257 e. The van der Waals surface area contributed by atoms with Gasteiger partial charge in [0.15, 0.2) is 5.82 Å². The van der Waals surface area contributed by atoms with Gasteiger partial charge in [0.25, 0.3) is 0 Å². The van der Waals surface area contributed by atoms with E-state index in [0.717, 1.165) is 18.4 Å². The van der Waals surface area contributed by atoms with Crippen molar-refractivity contribution in [2.75, 3.05) is 24.4 Å². The average molecular weight is 536 g/mol. The summed E-state index contributed by atoms with van der Waals surface area (Å²) in [5, 5.41) is 4.12. The SMILES string of the molecule is CS(=O)(=O)N1CC=C(c2cc(C3CC(C(F)(F)C(F)(F)F)=NN3c3ccc(F)cc3F)ccn2)CC1. The van der Waals surface area contributed by atoms with Crippen LogP contribution in [0.25, 0.3) is 5.57 Å². The number of hydrogen-bond acceptors (Lipinski definition) is 5. The Hall–Kier alpha value is -3.00. The molecule has 36 heavy (non-hydrogen) atoms. The van der Waals surface area contributed by atoms with Crippen molar-refractivity contribution in [3.8, 4) is 0 Å². The molecule has 0 fully saturated rings. The number of benzene rings is 1. The van der Waals surface area contributed by atoms with Crippen molar-refractivity contribution >= 4 is 27.0 Å². The van der Waals surface area contributed by atoms with Crippen LogP contribution in [0.1, 0.15) is 30.1 Å². The van der Waals surface area contributed by atoms with Crippen molar-refractivity contribution in [3.63, 3.8) is 0 Å². The fourth-order valence-electron chi connectivity index (χ4n) is 4.03. The van der Waals surface area contributed by atoms with Gasteiger partial charge in [-0.2, -0.15) is 31.4 Å². The van der Waals surface area contributed by atoms with E-state index in [2.05, 4.69) is 10.1 Å². The molecule has 0 spiro atoms. The number of sulfonamides is 1. The van der Waals surface area contributed by atoms with Crippen LogP contribution in [0.5, 0.6) is 0 Å². The predicted molar refractivity (Wildman–Crippen MR) is 118 cm³/mol. The lowest BCUT2D eigenvalue weighted by atomic mass is 9.96. The van der Waals surface area contributed by atoms with Gasteiger partial charge in [-0.25, -0.2) is 17.2 Å². The molecule has 0 saturated heterocycles.